The molecule has 0 amide bonds. The van der Waals surface area contributed by atoms with Crippen molar-refractivity contribution in [2.24, 2.45) is 0 Å². The molecule has 0 spiro atoms. The van der Waals surface area contributed by atoms with Crippen LogP contribution in [0.2, 0.25) is 10.2 Å². The zero-order valence-corrected chi connectivity index (χ0v) is 12.8. The zero-order chi connectivity index (χ0) is 13.6. The van der Waals surface area contributed by atoms with E-state index < -0.39 is 0 Å². The van der Waals surface area contributed by atoms with E-state index in [0.29, 0.717) is 27.5 Å². The minimum Gasteiger partial charge on any atom is -0.263 e. The molecule has 0 saturated carbocycles. The van der Waals surface area contributed by atoms with Gasteiger partial charge in [0.25, 0.3) is 0 Å². The number of aryl methyl sites for hydroxylation is 1. The van der Waals surface area contributed by atoms with Crippen LogP contribution in [0.4, 0.5) is 0 Å². The van der Waals surface area contributed by atoms with Gasteiger partial charge in [0.1, 0.15) is 11.0 Å². The lowest BCUT2D eigenvalue weighted by atomic mass is 10.2. The Balaban J connectivity index is 2.35. The molecule has 0 radical (unpaired) electrons. The SMILES string of the molecule is Cc1nc(Cl)cc2nnc(-c3cccc(Br)c3Cl)n12. The lowest BCUT2D eigenvalue weighted by Gasteiger charge is -2.06. The number of aromatic nitrogens is 4. The highest BCUT2D eigenvalue weighted by Crippen LogP contribution is 2.33. The van der Waals surface area contributed by atoms with E-state index >= 15 is 0 Å². The molecule has 0 bridgehead atoms. The van der Waals surface area contributed by atoms with Crippen LogP contribution in [0.25, 0.3) is 17.0 Å². The standard InChI is InChI=1S/C12H7BrCl2N4/c1-6-16-9(14)5-10-17-18-12(19(6)10)7-3-2-4-8(13)11(7)15/h2-5H,1H3. The first kappa shape index (κ1) is 12.8. The normalized spacial score (nSPS) is 11.2. The topological polar surface area (TPSA) is 43.1 Å². The van der Waals surface area contributed by atoms with E-state index in [1.54, 1.807) is 6.07 Å². The predicted octanol–water partition coefficient (Wildman–Crippen LogP) is 4.17. The summed E-state index contributed by atoms with van der Waals surface area (Å²) in [7, 11) is 0. The van der Waals surface area contributed by atoms with Crippen molar-refractivity contribution < 1.29 is 0 Å². The van der Waals surface area contributed by atoms with Crippen molar-refractivity contribution in [2.45, 2.75) is 6.92 Å². The maximum Gasteiger partial charge on any atom is 0.171 e. The van der Waals surface area contributed by atoms with Gasteiger partial charge in [0, 0.05) is 16.1 Å². The molecule has 0 aliphatic heterocycles. The molecule has 0 saturated heterocycles. The molecule has 4 nitrogen and oxygen atoms in total. The van der Waals surface area contributed by atoms with Gasteiger partial charge in [0.05, 0.1) is 5.02 Å². The third-order valence-corrected chi connectivity index (χ3v) is 4.21. The second-order valence-corrected chi connectivity index (χ2v) is 5.56. The third kappa shape index (κ3) is 2.12. The number of rotatable bonds is 1. The monoisotopic (exact) mass is 356 g/mol. The first-order valence-corrected chi connectivity index (χ1v) is 6.95. The number of nitrogens with zero attached hydrogens (tertiary/aromatic N) is 4. The van der Waals surface area contributed by atoms with Crippen LogP contribution < -0.4 is 0 Å². The Morgan fingerprint density at radius 1 is 1.21 bits per heavy atom. The number of hydrogen-bond acceptors (Lipinski definition) is 3. The molecule has 0 aliphatic rings. The molecule has 2 aromatic heterocycles. The first-order valence-electron chi connectivity index (χ1n) is 5.40. The van der Waals surface area contributed by atoms with Gasteiger partial charge in [-0.15, -0.1) is 10.2 Å². The number of hydrogen-bond donors (Lipinski definition) is 0. The van der Waals surface area contributed by atoms with Crippen molar-refractivity contribution in [2.75, 3.05) is 0 Å². The Morgan fingerprint density at radius 3 is 2.79 bits per heavy atom. The second-order valence-electron chi connectivity index (χ2n) is 3.94. The quantitative estimate of drug-likeness (QED) is 0.614. The van der Waals surface area contributed by atoms with Crippen LogP contribution in [0.1, 0.15) is 5.82 Å². The second kappa shape index (κ2) is 4.74. The highest BCUT2D eigenvalue weighted by molar-refractivity contribution is 9.10. The van der Waals surface area contributed by atoms with E-state index in [4.69, 9.17) is 23.2 Å². The highest BCUT2D eigenvalue weighted by Gasteiger charge is 2.15. The van der Waals surface area contributed by atoms with Gasteiger partial charge in [-0.25, -0.2) is 4.98 Å². The molecule has 0 N–H and O–H groups in total. The molecule has 0 atom stereocenters. The molecule has 3 rings (SSSR count). The van der Waals surface area contributed by atoms with Gasteiger partial charge in [-0.1, -0.05) is 29.3 Å². The van der Waals surface area contributed by atoms with E-state index in [1.807, 2.05) is 29.5 Å². The molecular weight excluding hydrogens is 351 g/mol. The summed E-state index contributed by atoms with van der Waals surface area (Å²) in [5.41, 5.74) is 1.43. The van der Waals surface area contributed by atoms with Gasteiger partial charge < -0.3 is 0 Å². The molecule has 19 heavy (non-hydrogen) atoms. The van der Waals surface area contributed by atoms with Crippen LogP contribution in [0.5, 0.6) is 0 Å². The summed E-state index contributed by atoms with van der Waals surface area (Å²) < 4.78 is 2.63. The third-order valence-electron chi connectivity index (χ3n) is 2.72. The molecule has 0 unspecified atom stereocenters. The fourth-order valence-electron chi connectivity index (χ4n) is 1.90. The Morgan fingerprint density at radius 2 is 2.00 bits per heavy atom. The fourth-order valence-corrected chi connectivity index (χ4v) is 2.70. The summed E-state index contributed by atoms with van der Waals surface area (Å²) in [5, 5.41) is 9.26. The van der Waals surface area contributed by atoms with E-state index in [2.05, 4.69) is 31.1 Å². The lowest BCUT2D eigenvalue weighted by molar-refractivity contribution is 0.988. The van der Waals surface area contributed by atoms with Crippen LogP contribution in [-0.4, -0.2) is 19.6 Å². The van der Waals surface area contributed by atoms with Crippen molar-refractivity contribution in [1.29, 1.82) is 0 Å². The van der Waals surface area contributed by atoms with Gasteiger partial charge in [-0.3, -0.25) is 4.40 Å². The molecule has 2 heterocycles. The average molecular weight is 358 g/mol. The molecular formula is C12H7BrCl2N4. The van der Waals surface area contributed by atoms with Crippen molar-refractivity contribution in [3.63, 3.8) is 0 Å². The van der Waals surface area contributed by atoms with Crippen LogP contribution in [0, 0.1) is 6.92 Å². The number of halogens is 3. The summed E-state index contributed by atoms with van der Waals surface area (Å²) in [4.78, 5) is 4.21. The van der Waals surface area contributed by atoms with Gasteiger partial charge >= 0.3 is 0 Å². The molecule has 3 aromatic rings. The molecule has 1 aromatic carbocycles. The number of fused-ring (bicyclic) bond motifs is 1. The lowest BCUT2D eigenvalue weighted by Crippen LogP contribution is -1.98. The molecule has 7 heteroatoms. The van der Waals surface area contributed by atoms with E-state index in [1.165, 1.54) is 0 Å². The summed E-state index contributed by atoms with van der Waals surface area (Å²) in [6, 6.07) is 7.32. The van der Waals surface area contributed by atoms with Crippen molar-refractivity contribution in [3.05, 3.63) is 44.7 Å². The Labute approximate surface area is 127 Å². The fraction of sp³-hybridized carbons (Fsp3) is 0.0833. The Hall–Kier alpha value is -1.17. The van der Waals surface area contributed by atoms with Crippen molar-refractivity contribution in [1.82, 2.24) is 19.6 Å². The predicted molar refractivity (Wildman–Crippen MR) is 78.7 cm³/mol. The largest absolute Gasteiger partial charge is 0.263 e. The van der Waals surface area contributed by atoms with Gasteiger partial charge in [-0.05, 0) is 35.0 Å². The highest BCUT2D eigenvalue weighted by atomic mass is 79.9. The van der Waals surface area contributed by atoms with E-state index in [0.717, 1.165) is 10.0 Å². The summed E-state index contributed by atoms with van der Waals surface area (Å²) >= 11 is 15.6. The molecule has 0 aliphatic carbocycles. The maximum atomic E-state index is 6.29. The van der Waals surface area contributed by atoms with Crippen LogP contribution in [-0.2, 0) is 0 Å². The summed E-state index contributed by atoms with van der Waals surface area (Å²) in [5.74, 6) is 1.35. The minimum absolute atomic E-state index is 0.393. The van der Waals surface area contributed by atoms with Crippen molar-refractivity contribution >= 4 is 44.8 Å². The Kier molecular flexibility index (Phi) is 3.20. The van der Waals surface area contributed by atoms with Crippen molar-refractivity contribution in [3.8, 4) is 11.4 Å². The van der Waals surface area contributed by atoms with Crippen LogP contribution in [0.3, 0.4) is 0 Å². The van der Waals surface area contributed by atoms with Gasteiger partial charge in [-0.2, -0.15) is 0 Å². The van der Waals surface area contributed by atoms with Gasteiger partial charge in [0.2, 0.25) is 0 Å². The maximum absolute atomic E-state index is 6.29. The van der Waals surface area contributed by atoms with Gasteiger partial charge in [0.15, 0.2) is 11.5 Å². The zero-order valence-electron chi connectivity index (χ0n) is 9.73. The first-order chi connectivity index (χ1) is 9.08. The van der Waals surface area contributed by atoms with E-state index in [9.17, 15) is 0 Å². The average Bonchev–Trinajstić information content (AvgIpc) is 2.76. The molecule has 0 fully saturated rings. The summed E-state index contributed by atoms with van der Waals surface area (Å²) in [6.45, 7) is 1.84. The molecule has 96 valence electrons. The van der Waals surface area contributed by atoms with E-state index in [-0.39, 0.29) is 0 Å². The Bertz CT molecular complexity index is 785. The van der Waals surface area contributed by atoms with Crippen LogP contribution >= 0.6 is 39.1 Å². The van der Waals surface area contributed by atoms with Crippen LogP contribution in [0.15, 0.2) is 28.7 Å². The number of benzene rings is 1. The smallest absolute Gasteiger partial charge is 0.171 e. The minimum atomic E-state index is 0.393. The summed E-state index contributed by atoms with van der Waals surface area (Å²) in [6.07, 6.45) is 0.